The summed E-state index contributed by atoms with van der Waals surface area (Å²) < 4.78 is 7.75. The van der Waals surface area contributed by atoms with Crippen LogP contribution in [0.1, 0.15) is 37.2 Å². The van der Waals surface area contributed by atoms with E-state index in [0.29, 0.717) is 12.5 Å². The minimum Gasteiger partial charge on any atom is -0.490 e. The number of ether oxygens (including phenoxy) is 1. The van der Waals surface area contributed by atoms with Crippen molar-refractivity contribution in [3.05, 3.63) is 72.3 Å². The molecule has 0 saturated carbocycles. The SMILES string of the molecule is C=C(Nc1ccc2c(c1)NCCO2)c1nccn1/C=C(/c1ccc2c(c1)NCC2)C(C)CC. The molecule has 6 nitrogen and oxygen atoms in total. The second-order valence-corrected chi connectivity index (χ2v) is 8.69. The summed E-state index contributed by atoms with van der Waals surface area (Å²) in [6.45, 7) is 11.3. The van der Waals surface area contributed by atoms with E-state index in [0.717, 1.165) is 54.6 Å². The monoisotopic (exact) mass is 441 g/mol. The van der Waals surface area contributed by atoms with E-state index in [2.05, 4.69) is 70.3 Å². The largest absolute Gasteiger partial charge is 0.490 e. The van der Waals surface area contributed by atoms with Gasteiger partial charge < -0.3 is 25.3 Å². The Morgan fingerprint density at radius 1 is 1.21 bits per heavy atom. The zero-order valence-electron chi connectivity index (χ0n) is 19.3. The van der Waals surface area contributed by atoms with Crippen LogP contribution < -0.4 is 20.7 Å². The van der Waals surface area contributed by atoms with Gasteiger partial charge in [-0.05, 0) is 59.7 Å². The van der Waals surface area contributed by atoms with Gasteiger partial charge in [0.2, 0.25) is 0 Å². The molecule has 33 heavy (non-hydrogen) atoms. The highest BCUT2D eigenvalue weighted by Gasteiger charge is 2.17. The summed E-state index contributed by atoms with van der Waals surface area (Å²) in [5, 5.41) is 10.3. The van der Waals surface area contributed by atoms with Gasteiger partial charge in [-0.1, -0.05) is 32.6 Å². The molecule has 170 valence electrons. The molecule has 3 N–H and O–H groups in total. The molecular formula is C27H31N5O. The Morgan fingerprint density at radius 2 is 2.09 bits per heavy atom. The molecule has 0 bridgehead atoms. The second kappa shape index (κ2) is 9.06. The van der Waals surface area contributed by atoms with Crippen molar-refractivity contribution in [2.75, 3.05) is 35.6 Å². The maximum absolute atomic E-state index is 5.68. The highest BCUT2D eigenvalue weighted by atomic mass is 16.5. The van der Waals surface area contributed by atoms with Crippen LogP contribution in [0.4, 0.5) is 17.1 Å². The van der Waals surface area contributed by atoms with Crippen LogP contribution in [-0.4, -0.2) is 29.2 Å². The van der Waals surface area contributed by atoms with Gasteiger partial charge in [0.25, 0.3) is 0 Å². The fourth-order valence-electron chi connectivity index (χ4n) is 4.43. The average molecular weight is 442 g/mol. The molecule has 1 atom stereocenters. The summed E-state index contributed by atoms with van der Waals surface area (Å²) >= 11 is 0. The standard InChI is InChI=1S/C27H31N5O/c1-4-18(2)23(21-6-5-20-9-10-28-24(20)15-21)17-32-13-11-30-27(32)19(3)31-22-7-8-26-25(16-22)29-12-14-33-26/h5-8,11,13,15-18,28-29,31H,3-4,9-10,12,14H2,1-2H3/b23-17+. The van der Waals surface area contributed by atoms with Crippen molar-refractivity contribution in [2.45, 2.75) is 26.7 Å². The van der Waals surface area contributed by atoms with Gasteiger partial charge in [0.05, 0.1) is 11.4 Å². The Morgan fingerprint density at radius 3 is 2.97 bits per heavy atom. The zero-order chi connectivity index (χ0) is 22.8. The van der Waals surface area contributed by atoms with Crippen LogP contribution in [-0.2, 0) is 6.42 Å². The molecule has 0 spiro atoms. The topological polar surface area (TPSA) is 63.1 Å². The van der Waals surface area contributed by atoms with Crippen molar-refractivity contribution in [3.8, 4) is 5.75 Å². The number of aromatic nitrogens is 2. The molecular weight excluding hydrogens is 410 g/mol. The van der Waals surface area contributed by atoms with Gasteiger partial charge >= 0.3 is 0 Å². The van der Waals surface area contributed by atoms with Crippen molar-refractivity contribution >= 4 is 34.5 Å². The fourth-order valence-corrected chi connectivity index (χ4v) is 4.43. The molecule has 3 heterocycles. The van der Waals surface area contributed by atoms with E-state index in [1.165, 1.54) is 22.4 Å². The van der Waals surface area contributed by atoms with Crippen molar-refractivity contribution < 1.29 is 4.74 Å². The minimum absolute atomic E-state index is 0.410. The Bertz CT molecular complexity index is 1210. The van der Waals surface area contributed by atoms with E-state index in [1.54, 1.807) is 0 Å². The van der Waals surface area contributed by atoms with E-state index in [1.807, 2.05) is 30.6 Å². The molecule has 2 aromatic carbocycles. The van der Waals surface area contributed by atoms with Gasteiger partial charge in [-0.15, -0.1) is 0 Å². The Kier molecular flexibility index (Phi) is 5.82. The van der Waals surface area contributed by atoms with Gasteiger partial charge in [0.1, 0.15) is 12.4 Å². The molecule has 1 aromatic heterocycles. The summed E-state index contributed by atoms with van der Waals surface area (Å²) in [5.41, 5.74) is 7.87. The molecule has 0 aliphatic carbocycles. The first kappa shape index (κ1) is 21.2. The summed E-state index contributed by atoms with van der Waals surface area (Å²) in [5.74, 6) is 2.08. The first-order chi connectivity index (χ1) is 16.1. The van der Waals surface area contributed by atoms with Crippen LogP contribution in [0.2, 0.25) is 0 Å². The highest BCUT2D eigenvalue weighted by Crippen LogP contribution is 2.33. The van der Waals surface area contributed by atoms with Crippen LogP contribution in [0.25, 0.3) is 17.5 Å². The summed E-state index contributed by atoms with van der Waals surface area (Å²) in [7, 11) is 0. The Labute approximate surface area is 195 Å². The van der Waals surface area contributed by atoms with Gasteiger partial charge in [0.15, 0.2) is 5.82 Å². The third-order valence-electron chi connectivity index (χ3n) is 6.46. The van der Waals surface area contributed by atoms with Gasteiger partial charge in [-0.25, -0.2) is 4.98 Å². The predicted molar refractivity (Wildman–Crippen MR) is 138 cm³/mol. The number of fused-ring (bicyclic) bond motifs is 2. The van der Waals surface area contributed by atoms with Gasteiger partial charge in [-0.3, -0.25) is 0 Å². The number of benzene rings is 2. The fraction of sp³-hybridized carbons (Fsp3) is 0.296. The second-order valence-electron chi connectivity index (χ2n) is 8.69. The van der Waals surface area contributed by atoms with E-state index in [-0.39, 0.29) is 0 Å². The lowest BCUT2D eigenvalue weighted by Crippen LogP contribution is -2.18. The maximum atomic E-state index is 5.68. The first-order valence-corrected chi connectivity index (χ1v) is 11.7. The third kappa shape index (κ3) is 4.33. The summed E-state index contributed by atoms with van der Waals surface area (Å²) in [6.07, 6.45) is 8.16. The number of nitrogens with zero attached hydrogens (tertiary/aromatic N) is 2. The molecule has 2 aliphatic heterocycles. The highest BCUT2D eigenvalue weighted by molar-refractivity contribution is 5.82. The molecule has 5 rings (SSSR count). The molecule has 6 heteroatoms. The van der Waals surface area contributed by atoms with E-state index in [4.69, 9.17) is 4.74 Å². The number of anilines is 3. The Balaban J connectivity index is 1.43. The smallest absolute Gasteiger partial charge is 0.159 e. The average Bonchev–Trinajstić information content (AvgIpc) is 3.51. The number of hydrogen-bond donors (Lipinski definition) is 3. The molecule has 0 fully saturated rings. The van der Waals surface area contributed by atoms with Crippen molar-refractivity contribution in [3.63, 3.8) is 0 Å². The number of allylic oxidation sites excluding steroid dienone is 1. The predicted octanol–water partition coefficient (Wildman–Crippen LogP) is 5.78. The lowest BCUT2D eigenvalue weighted by atomic mass is 9.91. The van der Waals surface area contributed by atoms with Crippen molar-refractivity contribution in [2.24, 2.45) is 5.92 Å². The van der Waals surface area contributed by atoms with Gasteiger partial charge in [0, 0.05) is 43.1 Å². The molecule has 0 amide bonds. The third-order valence-corrected chi connectivity index (χ3v) is 6.46. The summed E-state index contributed by atoms with van der Waals surface area (Å²) in [6, 6.07) is 12.8. The molecule has 2 aliphatic rings. The van der Waals surface area contributed by atoms with Crippen LogP contribution in [0.15, 0.2) is 55.4 Å². The van der Waals surface area contributed by atoms with Crippen molar-refractivity contribution in [1.82, 2.24) is 9.55 Å². The van der Waals surface area contributed by atoms with E-state index >= 15 is 0 Å². The van der Waals surface area contributed by atoms with Crippen LogP contribution in [0.3, 0.4) is 0 Å². The van der Waals surface area contributed by atoms with Crippen molar-refractivity contribution in [1.29, 1.82) is 0 Å². The lowest BCUT2D eigenvalue weighted by molar-refractivity contribution is 0.323. The molecule has 0 saturated heterocycles. The molecule has 0 radical (unpaired) electrons. The van der Waals surface area contributed by atoms with E-state index in [9.17, 15) is 0 Å². The minimum atomic E-state index is 0.410. The molecule has 1 unspecified atom stereocenters. The van der Waals surface area contributed by atoms with Crippen LogP contribution >= 0.6 is 0 Å². The lowest BCUT2D eigenvalue weighted by Gasteiger charge is -2.20. The molecule has 3 aromatic rings. The van der Waals surface area contributed by atoms with Crippen LogP contribution in [0, 0.1) is 5.92 Å². The normalized spacial score (nSPS) is 15.5. The number of imidazole rings is 1. The van der Waals surface area contributed by atoms with E-state index < -0.39 is 0 Å². The number of rotatable bonds is 7. The first-order valence-electron chi connectivity index (χ1n) is 11.7. The maximum Gasteiger partial charge on any atom is 0.159 e. The zero-order valence-corrected chi connectivity index (χ0v) is 19.3. The number of nitrogens with one attached hydrogen (secondary N) is 3. The van der Waals surface area contributed by atoms with Gasteiger partial charge in [-0.2, -0.15) is 0 Å². The Hall–Kier alpha value is -3.67. The number of hydrogen-bond acceptors (Lipinski definition) is 5. The quantitative estimate of drug-likeness (QED) is 0.434. The van der Waals surface area contributed by atoms with Crippen LogP contribution in [0.5, 0.6) is 5.75 Å². The summed E-state index contributed by atoms with van der Waals surface area (Å²) in [4.78, 5) is 4.59.